The molecule has 1 heterocycles. The van der Waals surface area contributed by atoms with Crippen molar-refractivity contribution in [2.24, 2.45) is 0 Å². The average Bonchev–Trinajstić information content (AvgIpc) is 2.67. The van der Waals surface area contributed by atoms with E-state index in [0.29, 0.717) is 5.92 Å². The summed E-state index contributed by atoms with van der Waals surface area (Å²) >= 11 is 0. The van der Waals surface area contributed by atoms with Crippen LogP contribution in [0.5, 0.6) is 0 Å². The van der Waals surface area contributed by atoms with Crippen LogP contribution in [0.15, 0.2) is 42.9 Å². The van der Waals surface area contributed by atoms with Gasteiger partial charge in [0.1, 0.15) is 5.83 Å². The summed E-state index contributed by atoms with van der Waals surface area (Å²) < 4.78 is 14.1. The van der Waals surface area contributed by atoms with E-state index >= 15 is 0 Å². The van der Waals surface area contributed by atoms with E-state index in [4.69, 9.17) is 0 Å². The van der Waals surface area contributed by atoms with Crippen LogP contribution in [0.2, 0.25) is 0 Å². The molecule has 0 amide bonds. The van der Waals surface area contributed by atoms with E-state index in [1.165, 1.54) is 11.6 Å². The molecule has 17 heavy (non-hydrogen) atoms. The molecule has 0 saturated carbocycles. The first-order chi connectivity index (χ1) is 8.06. The van der Waals surface area contributed by atoms with Crippen molar-refractivity contribution in [2.45, 2.75) is 19.8 Å². The molecule has 0 N–H and O–H groups in total. The third kappa shape index (κ3) is 2.61. The first-order valence-electron chi connectivity index (χ1n) is 5.57. The topological polar surface area (TPSA) is 17.8 Å². The molecule has 0 spiro atoms. The fourth-order valence-electron chi connectivity index (χ4n) is 1.64. The Morgan fingerprint density at radius 2 is 2.24 bits per heavy atom. The van der Waals surface area contributed by atoms with Crippen LogP contribution in [0, 0.1) is 0 Å². The molecule has 1 aromatic heterocycles. The van der Waals surface area contributed by atoms with Crippen molar-refractivity contribution in [1.82, 2.24) is 9.78 Å². The van der Waals surface area contributed by atoms with Crippen molar-refractivity contribution in [1.29, 1.82) is 0 Å². The van der Waals surface area contributed by atoms with Gasteiger partial charge in [0.05, 0.1) is 5.52 Å². The summed E-state index contributed by atoms with van der Waals surface area (Å²) in [6, 6.07) is 6.19. The van der Waals surface area contributed by atoms with Gasteiger partial charge < -0.3 is 0 Å². The number of hydrogen-bond acceptors (Lipinski definition) is 1. The molecule has 0 aliphatic heterocycles. The Labute approximate surface area is 100 Å². The highest BCUT2D eigenvalue weighted by Gasteiger charge is 2.03. The predicted molar refractivity (Wildman–Crippen MR) is 69.4 cm³/mol. The van der Waals surface area contributed by atoms with Crippen molar-refractivity contribution in [3.05, 3.63) is 48.4 Å². The lowest BCUT2D eigenvalue weighted by molar-refractivity contribution is 0.671. The number of nitrogens with zero attached hydrogens (tertiary/aromatic N) is 2. The number of rotatable bonds is 3. The van der Waals surface area contributed by atoms with E-state index in [9.17, 15) is 4.39 Å². The summed E-state index contributed by atoms with van der Waals surface area (Å²) in [6.45, 7) is 7.45. The van der Waals surface area contributed by atoms with Crippen LogP contribution >= 0.6 is 0 Å². The standard InChI is InChI=1S/C14H15FN2/c1-10(2)12-4-5-13-9-17(7-6-11(3)15)16-14(13)8-12/h4-10H,3H2,1-2H3/b7-6+. The number of aromatic nitrogens is 2. The molecule has 0 bridgehead atoms. The van der Waals surface area contributed by atoms with Gasteiger partial charge in [0, 0.05) is 17.8 Å². The molecule has 2 rings (SSSR count). The van der Waals surface area contributed by atoms with Crippen LogP contribution in [-0.4, -0.2) is 9.78 Å². The largest absolute Gasteiger partial charge is 0.247 e. The SMILES string of the molecule is C=C(F)/C=C/n1cc2ccc(C(C)C)cc2n1. The second-order valence-electron chi connectivity index (χ2n) is 4.34. The predicted octanol–water partition coefficient (Wildman–Crippen LogP) is 4.11. The van der Waals surface area contributed by atoms with Gasteiger partial charge in [0.15, 0.2) is 0 Å². The molecule has 88 valence electrons. The van der Waals surface area contributed by atoms with E-state index < -0.39 is 5.83 Å². The number of benzene rings is 1. The summed E-state index contributed by atoms with van der Waals surface area (Å²) in [6.07, 6.45) is 4.70. The molecule has 0 saturated heterocycles. The van der Waals surface area contributed by atoms with Crippen LogP contribution in [0.4, 0.5) is 4.39 Å². The van der Waals surface area contributed by atoms with E-state index in [-0.39, 0.29) is 0 Å². The fraction of sp³-hybridized carbons (Fsp3) is 0.214. The van der Waals surface area contributed by atoms with Gasteiger partial charge in [-0.2, -0.15) is 5.10 Å². The molecule has 3 heteroatoms. The molecular weight excluding hydrogens is 215 g/mol. The average molecular weight is 230 g/mol. The molecule has 0 radical (unpaired) electrons. The third-order valence-electron chi connectivity index (χ3n) is 2.62. The summed E-state index contributed by atoms with van der Waals surface area (Å²) in [5.41, 5.74) is 2.17. The molecule has 0 fully saturated rings. The van der Waals surface area contributed by atoms with Gasteiger partial charge in [-0.15, -0.1) is 0 Å². The fourth-order valence-corrected chi connectivity index (χ4v) is 1.64. The highest BCUT2D eigenvalue weighted by Crippen LogP contribution is 2.20. The number of hydrogen-bond donors (Lipinski definition) is 0. The molecule has 1 aromatic carbocycles. The van der Waals surface area contributed by atoms with Gasteiger partial charge in [-0.05, 0) is 23.6 Å². The van der Waals surface area contributed by atoms with Gasteiger partial charge in [-0.25, -0.2) is 9.07 Å². The first-order valence-corrected chi connectivity index (χ1v) is 5.57. The van der Waals surface area contributed by atoms with Crippen molar-refractivity contribution >= 4 is 17.1 Å². The lowest BCUT2D eigenvalue weighted by Crippen LogP contribution is -1.87. The molecule has 2 aromatic rings. The number of halogens is 1. The minimum Gasteiger partial charge on any atom is -0.247 e. The van der Waals surface area contributed by atoms with E-state index in [2.05, 4.69) is 37.7 Å². The highest BCUT2D eigenvalue weighted by molar-refractivity contribution is 5.79. The van der Waals surface area contributed by atoms with E-state index in [0.717, 1.165) is 10.9 Å². The second kappa shape index (κ2) is 4.53. The second-order valence-corrected chi connectivity index (χ2v) is 4.34. The minimum atomic E-state index is -0.479. The van der Waals surface area contributed by atoms with Gasteiger partial charge in [-0.1, -0.05) is 32.6 Å². The van der Waals surface area contributed by atoms with Crippen molar-refractivity contribution in [3.8, 4) is 0 Å². The maximum atomic E-state index is 12.5. The summed E-state index contributed by atoms with van der Waals surface area (Å²) in [5, 5.41) is 5.39. The van der Waals surface area contributed by atoms with Gasteiger partial charge >= 0.3 is 0 Å². The van der Waals surface area contributed by atoms with Gasteiger partial charge in [0.25, 0.3) is 0 Å². The van der Waals surface area contributed by atoms with Crippen LogP contribution < -0.4 is 0 Å². The maximum absolute atomic E-state index is 12.5. The minimum absolute atomic E-state index is 0.478. The van der Waals surface area contributed by atoms with Crippen LogP contribution in [0.25, 0.3) is 17.1 Å². The van der Waals surface area contributed by atoms with Gasteiger partial charge in [-0.3, -0.25) is 0 Å². The quantitative estimate of drug-likeness (QED) is 0.725. The third-order valence-corrected chi connectivity index (χ3v) is 2.62. The Morgan fingerprint density at radius 1 is 1.47 bits per heavy atom. The number of fused-ring (bicyclic) bond motifs is 1. The monoisotopic (exact) mass is 230 g/mol. The summed E-state index contributed by atoms with van der Waals surface area (Å²) in [7, 11) is 0. The Balaban J connectivity index is 2.40. The Bertz CT molecular complexity index is 579. The maximum Gasteiger partial charge on any atom is 0.117 e. The van der Waals surface area contributed by atoms with Crippen LogP contribution in [0.3, 0.4) is 0 Å². The molecule has 0 atom stereocenters. The lowest BCUT2D eigenvalue weighted by atomic mass is 10.0. The highest BCUT2D eigenvalue weighted by atomic mass is 19.1. The Kier molecular flexibility index (Phi) is 3.09. The zero-order chi connectivity index (χ0) is 12.4. The smallest absolute Gasteiger partial charge is 0.117 e. The van der Waals surface area contributed by atoms with E-state index in [1.54, 1.807) is 10.9 Å². The molecular formula is C14H15FN2. The lowest BCUT2D eigenvalue weighted by Gasteiger charge is -2.03. The van der Waals surface area contributed by atoms with Crippen molar-refractivity contribution in [3.63, 3.8) is 0 Å². The summed E-state index contributed by atoms with van der Waals surface area (Å²) in [5.74, 6) is -0.00172. The van der Waals surface area contributed by atoms with Gasteiger partial charge in [0.2, 0.25) is 0 Å². The van der Waals surface area contributed by atoms with Crippen LogP contribution in [-0.2, 0) is 0 Å². The Morgan fingerprint density at radius 3 is 2.88 bits per heavy atom. The molecule has 0 aliphatic carbocycles. The normalized spacial score (nSPS) is 11.8. The van der Waals surface area contributed by atoms with Crippen molar-refractivity contribution in [2.75, 3.05) is 0 Å². The van der Waals surface area contributed by atoms with E-state index in [1.807, 2.05) is 12.3 Å². The molecule has 0 unspecified atom stereocenters. The summed E-state index contributed by atoms with van der Waals surface area (Å²) in [4.78, 5) is 0. The zero-order valence-corrected chi connectivity index (χ0v) is 10.0. The first kappa shape index (κ1) is 11.6. The van der Waals surface area contributed by atoms with Crippen molar-refractivity contribution < 1.29 is 4.39 Å². The van der Waals surface area contributed by atoms with Crippen LogP contribution in [0.1, 0.15) is 25.3 Å². The zero-order valence-electron chi connectivity index (χ0n) is 10.0. The number of allylic oxidation sites excluding steroid dienone is 2. The molecule has 2 nitrogen and oxygen atoms in total. The Hall–Kier alpha value is -1.90. The molecule has 0 aliphatic rings.